The average molecular weight is 349 g/mol. The van der Waals surface area contributed by atoms with Gasteiger partial charge in [0.05, 0.1) is 0 Å². The number of ether oxygens (including phenoxy) is 1. The molecule has 2 rings (SSSR count). The molecule has 1 aliphatic rings. The van der Waals surface area contributed by atoms with E-state index in [-0.39, 0.29) is 37.8 Å². The monoisotopic (exact) mass is 349 g/mol. The van der Waals surface area contributed by atoms with Crippen LogP contribution in [0.2, 0.25) is 0 Å². The Morgan fingerprint density at radius 2 is 1.80 bits per heavy atom. The predicted molar refractivity (Wildman–Crippen MR) is 93.8 cm³/mol. The number of benzene rings is 1. The summed E-state index contributed by atoms with van der Waals surface area (Å²) in [5, 5.41) is 19.0. The maximum absolute atomic E-state index is 12.6. The van der Waals surface area contributed by atoms with Gasteiger partial charge >= 0.3 is 5.97 Å². The van der Waals surface area contributed by atoms with Gasteiger partial charge in [-0.25, -0.2) is 4.79 Å². The van der Waals surface area contributed by atoms with E-state index in [2.05, 4.69) is 13.8 Å². The fourth-order valence-corrected chi connectivity index (χ4v) is 3.03. The molecule has 1 amide bonds. The highest BCUT2D eigenvalue weighted by Crippen LogP contribution is 2.29. The van der Waals surface area contributed by atoms with Crippen molar-refractivity contribution in [2.75, 3.05) is 13.1 Å². The molecular formula is C19H27NO5. The van der Waals surface area contributed by atoms with Gasteiger partial charge in [0.2, 0.25) is 0 Å². The number of likely N-dealkylation sites (tertiary alicyclic amines) is 1. The molecule has 0 spiro atoms. The van der Waals surface area contributed by atoms with Gasteiger partial charge < -0.3 is 19.8 Å². The zero-order valence-electron chi connectivity index (χ0n) is 15.3. The summed E-state index contributed by atoms with van der Waals surface area (Å²) in [5.74, 6) is -0.442. The van der Waals surface area contributed by atoms with Gasteiger partial charge in [0.25, 0.3) is 5.91 Å². The highest BCUT2D eigenvalue weighted by atomic mass is 16.5. The summed E-state index contributed by atoms with van der Waals surface area (Å²) in [6.07, 6.45) is -0.611. The Kier molecular flexibility index (Phi) is 5.72. The molecule has 1 aliphatic heterocycles. The summed E-state index contributed by atoms with van der Waals surface area (Å²) in [4.78, 5) is 25.3. The Morgan fingerprint density at radius 3 is 2.32 bits per heavy atom. The number of aliphatic hydroxyl groups is 1. The average Bonchev–Trinajstić information content (AvgIpc) is 2.54. The number of carbonyl (C=O) groups excluding carboxylic acids is 1. The Balaban J connectivity index is 2.05. The number of nitrogens with zero attached hydrogens (tertiary/aromatic N) is 1. The SMILES string of the molecule is Cc1ccc(C(C)C)c(OC(C)C(=O)N2CCC(O)(C(=O)O)CC2)c1. The topological polar surface area (TPSA) is 87.1 Å². The van der Waals surface area contributed by atoms with Crippen LogP contribution in [0.25, 0.3) is 0 Å². The van der Waals surface area contributed by atoms with E-state index in [9.17, 15) is 14.7 Å². The van der Waals surface area contributed by atoms with Crippen molar-refractivity contribution < 1.29 is 24.5 Å². The number of rotatable bonds is 5. The third-order valence-electron chi connectivity index (χ3n) is 4.74. The molecule has 25 heavy (non-hydrogen) atoms. The molecule has 6 heteroatoms. The van der Waals surface area contributed by atoms with Gasteiger partial charge in [0.15, 0.2) is 11.7 Å². The van der Waals surface area contributed by atoms with Crippen molar-refractivity contribution in [2.45, 2.75) is 58.2 Å². The summed E-state index contributed by atoms with van der Waals surface area (Å²) in [7, 11) is 0. The third kappa shape index (κ3) is 4.31. The smallest absolute Gasteiger partial charge is 0.335 e. The Morgan fingerprint density at radius 1 is 1.20 bits per heavy atom. The van der Waals surface area contributed by atoms with Crippen molar-refractivity contribution in [1.82, 2.24) is 4.90 Å². The van der Waals surface area contributed by atoms with E-state index in [1.54, 1.807) is 11.8 Å². The maximum atomic E-state index is 12.6. The summed E-state index contributed by atoms with van der Waals surface area (Å²) in [6, 6.07) is 5.96. The first-order valence-corrected chi connectivity index (χ1v) is 8.66. The van der Waals surface area contributed by atoms with Gasteiger partial charge in [-0.05, 0) is 37.0 Å². The highest BCUT2D eigenvalue weighted by molar-refractivity contribution is 5.82. The number of carboxylic acids is 1. The first-order valence-electron chi connectivity index (χ1n) is 8.66. The van der Waals surface area contributed by atoms with E-state index in [1.165, 1.54) is 0 Å². The first kappa shape index (κ1) is 19.2. The van der Waals surface area contributed by atoms with E-state index in [4.69, 9.17) is 9.84 Å². The molecule has 0 radical (unpaired) electrons. The molecule has 1 saturated heterocycles. The molecule has 1 atom stereocenters. The molecule has 1 heterocycles. The van der Waals surface area contributed by atoms with Crippen LogP contribution in [0, 0.1) is 6.92 Å². The van der Waals surface area contributed by atoms with Crippen molar-refractivity contribution in [3.05, 3.63) is 29.3 Å². The van der Waals surface area contributed by atoms with Gasteiger partial charge in [0.1, 0.15) is 5.75 Å². The summed E-state index contributed by atoms with van der Waals surface area (Å²) < 4.78 is 5.93. The lowest BCUT2D eigenvalue weighted by Crippen LogP contribution is -2.53. The molecule has 1 aromatic carbocycles. The summed E-state index contributed by atoms with van der Waals surface area (Å²) >= 11 is 0. The maximum Gasteiger partial charge on any atom is 0.335 e. The minimum Gasteiger partial charge on any atom is -0.481 e. The molecule has 0 saturated carbocycles. The molecule has 0 aliphatic carbocycles. The standard InChI is InChI=1S/C19H27NO5/c1-12(2)15-6-5-13(3)11-16(15)25-14(4)17(21)20-9-7-19(24,8-10-20)18(22)23/h5-6,11-12,14,24H,7-10H2,1-4H3,(H,22,23). The second-order valence-electron chi connectivity index (χ2n) is 7.12. The van der Waals surface area contributed by atoms with Crippen LogP contribution in [0.1, 0.15) is 50.7 Å². The lowest BCUT2D eigenvalue weighted by molar-refractivity contribution is -0.166. The largest absolute Gasteiger partial charge is 0.481 e. The van der Waals surface area contributed by atoms with Crippen molar-refractivity contribution in [2.24, 2.45) is 0 Å². The van der Waals surface area contributed by atoms with Crippen LogP contribution in [-0.4, -0.2) is 51.8 Å². The van der Waals surface area contributed by atoms with Crippen LogP contribution >= 0.6 is 0 Å². The van der Waals surface area contributed by atoms with E-state index < -0.39 is 17.7 Å². The van der Waals surface area contributed by atoms with Gasteiger partial charge in [0, 0.05) is 25.9 Å². The molecule has 1 unspecified atom stereocenters. The van der Waals surface area contributed by atoms with E-state index in [1.807, 2.05) is 25.1 Å². The Bertz CT molecular complexity index is 647. The van der Waals surface area contributed by atoms with Crippen molar-refractivity contribution in [3.8, 4) is 5.75 Å². The van der Waals surface area contributed by atoms with Crippen molar-refractivity contribution in [3.63, 3.8) is 0 Å². The molecule has 6 nitrogen and oxygen atoms in total. The number of aliphatic carboxylic acids is 1. The second-order valence-corrected chi connectivity index (χ2v) is 7.12. The molecule has 0 bridgehead atoms. The normalized spacial score (nSPS) is 18.1. The number of carbonyl (C=O) groups is 2. The number of hydrogen-bond acceptors (Lipinski definition) is 4. The minimum absolute atomic E-state index is 0.0302. The predicted octanol–water partition coefficient (Wildman–Crippen LogP) is 2.32. The lowest BCUT2D eigenvalue weighted by Gasteiger charge is -2.36. The van der Waals surface area contributed by atoms with E-state index >= 15 is 0 Å². The zero-order valence-corrected chi connectivity index (χ0v) is 15.3. The first-order chi connectivity index (χ1) is 11.6. The molecule has 1 fully saturated rings. The van der Waals surface area contributed by atoms with Crippen molar-refractivity contribution >= 4 is 11.9 Å². The zero-order chi connectivity index (χ0) is 18.8. The van der Waals surface area contributed by atoms with Crippen molar-refractivity contribution in [1.29, 1.82) is 0 Å². The van der Waals surface area contributed by atoms with Crippen LogP contribution in [0.3, 0.4) is 0 Å². The third-order valence-corrected chi connectivity index (χ3v) is 4.74. The van der Waals surface area contributed by atoms with Crippen LogP contribution in [0.5, 0.6) is 5.75 Å². The molecule has 2 N–H and O–H groups in total. The second kappa shape index (κ2) is 7.44. The van der Waals surface area contributed by atoms with Crippen LogP contribution < -0.4 is 4.74 Å². The van der Waals surface area contributed by atoms with E-state index in [0.717, 1.165) is 11.1 Å². The van der Waals surface area contributed by atoms with Gasteiger partial charge in [-0.3, -0.25) is 4.79 Å². The Labute approximate surface area is 148 Å². The molecular weight excluding hydrogens is 322 g/mol. The number of piperidine rings is 1. The quantitative estimate of drug-likeness (QED) is 0.852. The van der Waals surface area contributed by atoms with Crippen LogP contribution in [0.15, 0.2) is 18.2 Å². The molecule has 0 aromatic heterocycles. The summed E-state index contributed by atoms with van der Waals surface area (Å²) in [5.41, 5.74) is 0.370. The van der Waals surface area contributed by atoms with Crippen LogP contribution in [-0.2, 0) is 9.59 Å². The fraction of sp³-hybridized carbons (Fsp3) is 0.579. The highest BCUT2D eigenvalue weighted by Gasteiger charge is 2.41. The minimum atomic E-state index is -1.73. The van der Waals surface area contributed by atoms with E-state index in [0.29, 0.717) is 5.75 Å². The number of hydrogen-bond donors (Lipinski definition) is 2. The Hall–Kier alpha value is -2.08. The molecule has 1 aromatic rings. The number of amides is 1. The fourth-order valence-electron chi connectivity index (χ4n) is 3.03. The number of carboxylic acid groups (broad SMARTS) is 1. The van der Waals surface area contributed by atoms with Crippen LogP contribution in [0.4, 0.5) is 0 Å². The molecule has 138 valence electrons. The van der Waals surface area contributed by atoms with Gasteiger partial charge in [-0.15, -0.1) is 0 Å². The van der Waals surface area contributed by atoms with Gasteiger partial charge in [-0.1, -0.05) is 26.0 Å². The summed E-state index contributed by atoms with van der Waals surface area (Å²) in [6.45, 7) is 8.23. The van der Waals surface area contributed by atoms with Gasteiger partial charge in [-0.2, -0.15) is 0 Å². The lowest BCUT2D eigenvalue weighted by atomic mass is 9.91. The number of aryl methyl sites for hydroxylation is 1.